The van der Waals surface area contributed by atoms with Gasteiger partial charge in [0.15, 0.2) is 5.13 Å². The zero-order valence-electron chi connectivity index (χ0n) is 16.9. The number of nitrogens with zero attached hydrogens (tertiary/aromatic N) is 2. The summed E-state index contributed by atoms with van der Waals surface area (Å²) in [5, 5.41) is 3.79. The molecule has 0 radical (unpaired) electrons. The molecular weight excluding hydrogens is 402 g/mol. The van der Waals surface area contributed by atoms with E-state index in [4.69, 9.17) is 19.2 Å². The molecule has 8 heteroatoms. The molecule has 1 aliphatic rings. The predicted molar refractivity (Wildman–Crippen MR) is 118 cm³/mol. The first kappa shape index (κ1) is 20.2. The maximum atomic E-state index is 13.3. The molecule has 0 aliphatic carbocycles. The van der Waals surface area contributed by atoms with Crippen LogP contribution in [-0.4, -0.2) is 51.4 Å². The van der Waals surface area contributed by atoms with Gasteiger partial charge in [-0.25, -0.2) is 4.98 Å². The lowest BCUT2D eigenvalue weighted by Gasteiger charge is -2.26. The molecular formula is C22H23N3O4S. The number of carbonyl (C=O) groups is 1. The molecule has 2 aromatic carbocycles. The van der Waals surface area contributed by atoms with Crippen LogP contribution in [0.5, 0.6) is 11.5 Å². The highest BCUT2D eigenvalue weighted by Crippen LogP contribution is 2.35. The number of aromatic nitrogens is 1. The molecule has 1 saturated heterocycles. The number of hydrogen-bond donors (Lipinski definition) is 1. The number of morpholine rings is 1. The number of ether oxygens (including phenoxy) is 3. The molecule has 2 heterocycles. The van der Waals surface area contributed by atoms with Gasteiger partial charge in [0.05, 0.1) is 38.8 Å². The second kappa shape index (κ2) is 9.15. The lowest BCUT2D eigenvalue weighted by atomic mass is 10.1. The molecule has 3 aromatic rings. The van der Waals surface area contributed by atoms with E-state index in [1.54, 1.807) is 32.4 Å². The van der Waals surface area contributed by atoms with Crippen molar-refractivity contribution in [2.75, 3.05) is 50.7 Å². The van der Waals surface area contributed by atoms with Crippen LogP contribution in [0.1, 0.15) is 9.67 Å². The van der Waals surface area contributed by atoms with Crippen molar-refractivity contribution in [1.29, 1.82) is 0 Å². The van der Waals surface area contributed by atoms with E-state index in [2.05, 4.69) is 10.2 Å². The summed E-state index contributed by atoms with van der Waals surface area (Å²) in [6.45, 7) is 2.83. The summed E-state index contributed by atoms with van der Waals surface area (Å²) in [4.78, 5) is 20.8. The van der Waals surface area contributed by atoms with E-state index in [-0.39, 0.29) is 5.91 Å². The molecule has 1 aromatic heterocycles. The van der Waals surface area contributed by atoms with Crippen molar-refractivity contribution in [3.05, 3.63) is 53.4 Å². The molecule has 0 spiro atoms. The maximum Gasteiger partial charge on any atom is 0.268 e. The van der Waals surface area contributed by atoms with Crippen LogP contribution >= 0.6 is 11.3 Å². The first-order valence-electron chi connectivity index (χ1n) is 9.62. The van der Waals surface area contributed by atoms with Gasteiger partial charge in [-0.2, -0.15) is 0 Å². The normalized spacial score (nSPS) is 13.7. The third kappa shape index (κ3) is 4.24. The molecule has 0 unspecified atom stereocenters. The standard InChI is InChI=1S/C22H23N3O4S/c1-27-16-8-9-17(18(14-16)28-2)23-21(26)20-19(15-6-4-3-5-7-15)24-22(30-20)25-10-12-29-13-11-25/h3-9,14H,10-13H2,1-2H3,(H,23,26). The Labute approximate surface area is 179 Å². The van der Waals surface area contributed by atoms with E-state index in [9.17, 15) is 4.79 Å². The fraction of sp³-hybridized carbons (Fsp3) is 0.273. The van der Waals surface area contributed by atoms with Crippen LogP contribution in [0.2, 0.25) is 0 Å². The highest BCUT2D eigenvalue weighted by molar-refractivity contribution is 7.18. The van der Waals surface area contributed by atoms with Crippen molar-refractivity contribution in [2.45, 2.75) is 0 Å². The third-order valence-corrected chi connectivity index (χ3v) is 5.92. The van der Waals surface area contributed by atoms with Crippen LogP contribution in [0.15, 0.2) is 48.5 Å². The second-order valence-corrected chi connectivity index (χ2v) is 7.64. The average Bonchev–Trinajstić information content (AvgIpc) is 3.26. The summed E-state index contributed by atoms with van der Waals surface area (Å²) >= 11 is 1.39. The molecule has 0 atom stereocenters. The molecule has 30 heavy (non-hydrogen) atoms. The van der Waals surface area contributed by atoms with E-state index in [1.165, 1.54) is 11.3 Å². The van der Waals surface area contributed by atoms with Crippen LogP contribution in [0, 0.1) is 0 Å². The van der Waals surface area contributed by atoms with Crippen LogP contribution in [0.25, 0.3) is 11.3 Å². The van der Waals surface area contributed by atoms with Crippen molar-refractivity contribution < 1.29 is 19.0 Å². The Morgan fingerprint density at radius 1 is 1.10 bits per heavy atom. The van der Waals surface area contributed by atoms with Gasteiger partial charge in [0.25, 0.3) is 5.91 Å². The SMILES string of the molecule is COc1ccc(NC(=O)c2sc(N3CCOCC3)nc2-c2ccccc2)c(OC)c1. The summed E-state index contributed by atoms with van der Waals surface area (Å²) in [5.41, 5.74) is 2.15. The molecule has 0 bridgehead atoms. The lowest BCUT2D eigenvalue weighted by Crippen LogP contribution is -2.36. The number of anilines is 2. The van der Waals surface area contributed by atoms with Crippen molar-refractivity contribution in [1.82, 2.24) is 4.98 Å². The lowest BCUT2D eigenvalue weighted by molar-refractivity contribution is 0.103. The molecule has 1 fully saturated rings. The number of nitrogens with one attached hydrogen (secondary N) is 1. The molecule has 1 aliphatic heterocycles. The van der Waals surface area contributed by atoms with Crippen LogP contribution < -0.4 is 19.7 Å². The minimum atomic E-state index is -0.227. The highest BCUT2D eigenvalue weighted by atomic mass is 32.1. The molecule has 1 amide bonds. The Morgan fingerprint density at radius 2 is 1.87 bits per heavy atom. The van der Waals surface area contributed by atoms with Gasteiger partial charge in [-0.3, -0.25) is 4.79 Å². The van der Waals surface area contributed by atoms with Crippen molar-refractivity contribution in [2.24, 2.45) is 0 Å². The smallest absolute Gasteiger partial charge is 0.268 e. The Hall–Kier alpha value is -3.10. The van der Waals surface area contributed by atoms with Crippen LogP contribution in [0.3, 0.4) is 0 Å². The van der Waals surface area contributed by atoms with Gasteiger partial charge in [0.2, 0.25) is 0 Å². The molecule has 0 saturated carbocycles. The fourth-order valence-corrected chi connectivity index (χ4v) is 4.26. The summed E-state index contributed by atoms with van der Waals surface area (Å²) in [7, 11) is 3.15. The number of amides is 1. The minimum absolute atomic E-state index is 0.227. The van der Waals surface area contributed by atoms with Gasteiger partial charge >= 0.3 is 0 Å². The maximum absolute atomic E-state index is 13.3. The van der Waals surface area contributed by atoms with E-state index in [1.807, 2.05) is 30.3 Å². The number of hydrogen-bond acceptors (Lipinski definition) is 7. The fourth-order valence-electron chi connectivity index (χ4n) is 3.23. The Balaban J connectivity index is 1.68. The Morgan fingerprint density at radius 3 is 2.57 bits per heavy atom. The second-order valence-electron chi connectivity index (χ2n) is 6.66. The topological polar surface area (TPSA) is 72.9 Å². The quantitative estimate of drug-likeness (QED) is 0.645. The van der Waals surface area contributed by atoms with Crippen LogP contribution in [0.4, 0.5) is 10.8 Å². The average molecular weight is 426 g/mol. The summed E-state index contributed by atoms with van der Waals surface area (Å²) in [6.07, 6.45) is 0. The van der Waals surface area contributed by atoms with Gasteiger partial charge in [-0.1, -0.05) is 41.7 Å². The molecule has 1 N–H and O–H groups in total. The molecule has 4 rings (SSSR count). The number of carbonyl (C=O) groups excluding carboxylic acids is 1. The third-order valence-electron chi connectivity index (χ3n) is 4.81. The van der Waals surface area contributed by atoms with Gasteiger partial charge in [0, 0.05) is 24.7 Å². The minimum Gasteiger partial charge on any atom is -0.497 e. The van der Waals surface area contributed by atoms with Gasteiger partial charge < -0.3 is 24.4 Å². The van der Waals surface area contributed by atoms with Gasteiger partial charge in [-0.05, 0) is 12.1 Å². The number of benzene rings is 2. The zero-order valence-corrected chi connectivity index (χ0v) is 17.7. The van der Waals surface area contributed by atoms with E-state index in [0.717, 1.165) is 23.8 Å². The first-order chi connectivity index (χ1) is 14.7. The zero-order chi connectivity index (χ0) is 20.9. The summed E-state index contributed by atoms with van der Waals surface area (Å²) < 4.78 is 16.1. The van der Waals surface area contributed by atoms with E-state index < -0.39 is 0 Å². The van der Waals surface area contributed by atoms with E-state index in [0.29, 0.717) is 41.0 Å². The predicted octanol–water partition coefficient (Wildman–Crippen LogP) is 3.92. The molecule has 156 valence electrons. The van der Waals surface area contributed by atoms with Crippen LogP contribution in [-0.2, 0) is 4.74 Å². The number of methoxy groups -OCH3 is 2. The van der Waals surface area contributed by atoms with Gasteiger partial charge in [0.1, 0.15) is 16.4 Å². The van der Waals surface area contributed by atoms with Crippen molar-refractivity contribution in [3.63, 3.8) is 0 Å². The van der Waals surface area contributed by atoms with E-state index >= 15 is 0 Å². The number of rotatable bonds is 6. The van der Waals surface area contributed by atoms with Crippen molar-refractivity contribution >= 4 is 28.1 Å². The molecule has 7 nitrogen and oxygen atoms in total. The highest BCUT2D eigenvalue weighted by Gasteiger charge is 2.24. The van der Waals surface area contributed by atoms with Gasteiger partial charge in [-0.15, -0.1) is 0 Å². The first-order valence-corrected chi connectivity index (χ1v) is 10.4. The summed E-state index contributed by atoms with van der Waals surface area (Å²) in [6, 6.07) is 15.0. The Bertz CT molecular complexity index is 1020. The van der Waals surface area contributed by atoms with Crippen molar-refractivity contribution in [3.8, 4) is 22.8 Å². The summed E-state index contributed by atoms with van der Waals surface area (Å²) in [5.74, 6) is 0.957. The monoisotopic (exact) mass is 425 g/mol. The Kier molecular flexibility index (Phi) is 6.15. The number of thiazole rings is 1. The largest absolute Gasteiger partial charge is 0.497 e.